The molecule has 39 heavy (non-hydrogen) atoms. The van der Waals surface area contributed by atoms with Crippen molar-refractivity contribution < 1.29 is 37.0 Å². The number of aliphatic hydroxyl groups is 1. The van der Waals surface area contributed by atoms with Gasteiger partial charge in [0.15, 0.2) is 0 Å². The molecule has 0 bridgehead atoms. The van der Waals surface area contributed by atoms with E-state index in [2.05, 4.69) is 10.6 Å². The number of amides is 3. The third-order valence-electron chi connectivity index (χ3n) is 7.35. The molecule has 13 heteroatoms. The Balaban J connectivity index is 1.62. The molecule has 2 atom stereocenters. The van der Waals surface area contributed by atoms with Gasteiger partial charge in [-0.25, -0.2) is 22.4 Å². The van der Waals surface area contributed by atoms with Crippen LogP contribution in [0.25, 0.3) is 0 Å². The maximum atomic E-state index is 15.1. The van der Waals surface area contributed by atoms with Gasteiger partial charge in [-0.2, -0.15) is 0 Å². The van der Waals surface area contributed by atoms with Crippen LogP contribution in [0.5, 0.6) is 5.75 Å². The van der Waals surface area contributed by atoms with E-state index in [0.29, 0.717) is 12.8 Å². The highest BCUT2D eigenvalue weighted by molar-refractivity contribution is 6.02. The van der Waals surface area contributed by atoms with Gasteiger partial charge in [-0.3, -0.25) is 9.59 Å². The second kappa shape index (κ2) is 12.1. The smallest absolute Gasteiger partial charge is 0.315 e. The molecular weight excluding hydrogens is 524 g/mol. The van der Waals surface area contributed by atoms with E-state index in [1.54, 1.807) is 0 Å². The Hall–Kier alpha value is -3.61. The quantitative estimate of drug-likeness (QED) is 0.435. The molecule has 3 amide bonds. The molecule has 0 spiro atoms. The molecule has 1 aromatic heterocycles. The van der Waals surface area contributed by atoms with Crippen molar-refractivity contribution in [2.75, 3.05) is 25.2 Å². The summed E-state index contributed by atoms with van der Waals surface area (Å²) in [6.07, 6.45) is 0.112. The van der Waals surface area contributed by atoms with Crippen molar-refractivity contribution in [1.29, 1.82) is 0 Å². The number of urea groups is 1. The minimum Gasteiger partial charge on any atom is -0.497 e. The number of hydrogen-bond acceptors (Lipinski definition) is 5. The molecule has 9 nitrogen and oxygen atoms in total. The summed E-state index contributed by atoms with van der Waals surface area (Å²) in [6, 6.07) is 2.15. The van der Waals surface area contributed by atoms with Gasteiger partial charge in [-0.05, 0) is 37.8 Å². The molecule has 4 rings (SSSR count). The number of carbonyl (C=O) groups is 2. The first-order chi connectivity index (χ1) is 18.6. The molecule has 2 aliphatic rings. The Bertz CT molecular complexity index is 1240. The van der Waals surface area contributed by atoms with E-state index in [1.165, 1.54) is 30.0 Å². The summed E-state index contributed by atoms with van der Waals surface area (Å²) < 4.78 is 62.2. The fourth-order valence-electron chi connectivity index (χ4n) is 5.30. The van der Waals surface area contributed by atoms with Gasteiger partial charge >= 0.3 is 6.03 Å². The van der Waals surface area contributed by atoms with E-state index in [9.17, 15) is 28.3 Å². The molecule has 2 aromatic rings. The summed E-state index contributed by atoms with van der Waals surface area (Å²) in [4.78, 5) is 40.4. The summed E-state index contributed by atoms with van der Waals surface area (Å²) in [5.41, 5.74) is -1.14. The number of aromatic nitrogens is 1. The Labute approximate surface area is 221 Å². The Kier molecular flexibility index (Phi) is 8.78. The number of rotatable bonds is 8. The van der Waals surface area contributed by atoms with Crippen LogP contribution in [0, 0.1) is 17.6 Å². The SMILES string of the molecule is COc1cc(F)c([C@@H]2CN(c3cccn(CCO)c3=O)C(=O)[C@H]2NC(=O)N[C@H]2CC[C@H](C(F)F)CC2)c(F)c1. The number of nitrogens with zero attached hydrogens (tertiary/aromatic N) is 2. The second-order valence-corrected chi connectivity index (χ2v) is 9.72. The molecular formula is C26H30F4N4O5. The lowest BCUT2D eigenvalue weighted by atomic mass is 9.86. The zero-order valence-corrected chi connectivity index (χ0v) is 21.2. The van der Waals surface area contributed by atoms with E-state index in [4.69, 9.17) is 4.74 Å². The molecule has 0 unspecified atom stereocenters. The summed E-state index contributed by atoms with van der Waals surface area (Å²) in [6.45, 7) is -0.675. The van der Waals surface area contributed by atoms with Crippen molar-refractivity contribution in [2.45, 2.75) is 56.7 Å². The number of carbonyl (C=O) groups excluding carboxylic acids is 2. The maximum absolute atomic E-state index is 15.1. The van der Waals surface area contributed by atoms with Crippen molar-refractivity contribution in [3.8, 4) is 5.75 Å². The highest BCUT2D eigenvalue weighted by Crippen LogP contribution is 2.36. The minimum absolute atomic E-state index is 0.0300. The van der Waals surface area contributed by atoms with Crippen LogP contribution in [0.15, 0.2) is 35.3 Å². The highest BCUT2D eigenvalue weighted by atomic mass is 19.3. The molecule has 2 heterocycles. The van der Waals surface area contributed by atoms with Crippen LogP contribution in [-0.2, 0) is 11.3 Å². The number of hydrogen-bond donors (Lipinski definition) is 3. The number of nitrogens with one attached hydrogen (secondary N) is 2. The number of ether oxygens (including phenoxy) is 1. The predicted molar refractivity (Wildman–Crippen MR) is 133 cm³/mol. The number of halogens is 4. The minimum atomic E-state index is -2.43. The van der Waals surface area contributed by atoms with Gasteiger partial charge in [-0.15, -0.1) is 0 Å². The average Bonchev–Trinajstić information content (AvgIpc) is 3.20. The van der Waals surface area contributed by atoms with Crippen LogP contribution >= 0.6 is 0 Å². The average molecular weight is 555 g/mol. The molecule has 0 radical (unpaired) electrons. The predicted octanol–water partition coefficient (Wildman–Crippen LogP) is 2.75. The highest BCUT2D eigenvalue weighted by Gasteiger charge is 2.46. The Morgan fingerprint density at radius 2 is 1.79 bits per heavy atom. The fraction of sp³-hybridized carbons (Fsp3) is 0.500. The largest absolute Gasteiger partial charge is 0.497 e. The van der Waals surface area contributed by atoms with Gasteiger partial charge < -0.3 is 29.9 Å². The monoisotopic (exact) mass is 554 g/mol. The van der Waals surface area contributed by atoms with E-state index in [-0.39, 0.29) is 44.0 Å². The summed E-state index contributed by atoms with van der Waals surface area (Å²) in [5, 5.41) is 14.4. The molecule has 1 aromatic carbocycles. The van der Waals surface area contributed by atoms with Crippen molar-refractivity contribution in [2.24, 2.45) is 5.92 Å². The van der Waals surface area contributed by atoms with Crippen molar-refractivity contribution in [3.05, 3.63) is 58.0 Å². The maximum Gasteiger partial charge on any atom is 0.315 e. The summed E-state index contributed by atoms with van der Waals surface area (Å²) in [7, 11) is 1.24. The van der Waals surface area contributed by atoms with E-state index < -0.39 is 65.0 Å². The van der Waals surface area contributed by atoms with Gasteiger partial charge in [0.1, 0.15) is 29.1 Å². The van der Waals surface area contributed by atoms with E-state index in [0.717, 1.165) is 17.0 Å². The lowest BCUT2D eigenvalue weighted by Crippen LogP contribution is -2.51. The normalized spacial score (nSPS) is 23.3. The van der Waals surface area contributed by atoms with Crippen LogP contribution in [-0.4, -0.2) is 60.4 Å². The summed E-state index contributed by atoms with van der Waals surface area (Å²) >= 11 is 0. The molecule has 1 saturated heterocycles. The Morgan fingerprint density at radius 1 is 1.13 bits per heavy atom. The van der Waals surface area contributed by atoms with E-state index in [1.807, 2.05) is 0 Å². The third kappa shape index (κ3) is 6.02. The zero-order chi connectivity index (χ0) is 28.3. The number of anilines is 1. The zero-order valence-electron chi connectivity index (χ0n) is 21.2. The number of pyridine rings is 1. The third-order valence-corrected chi connectivity index (χ3v) is 7.35. The van der Waals surface area contributed by atoms with Crippen LogP contribution in [0.1, 0.15) is 37.2 Å². The topological polar surface area (TPSA) is 113 Å². The molecule has 3 N–H and O–H groups in total. The van der Waals surface area contributed by atoms with Crippen LogP contribution in [0.3, 0.4) is 0 Å². The van der Waals surface area contributed by atoms with Gasteiger partial charge in [0, 0.05) is 54.9 Å². The first-order valence-corrected chi connectivity index (χ1v) is 12.6. The standard InChI is InChI=1S/C26H30F4N4O5/c1-39-16-11-18(27)21(19(28)12-16)17-13-34(20-3-2-8-33(9-10-35)24(20)36)25(37)22(17)32-26(38)31-15-6-4-14(5-7-15)23(29)30/h2-3,8,11-12,14-15,17,22-23,35H,4-7,9-10,13H2,1H3,(H2,31,32,38)/t14-,15-,17-,22-/m0/s1. The van der Waals surface area contributed by atoms with Crippen LogP contribution in [0.4, 0.5) is 28.0 Å². The van der Waals surface area contributed by atoms with Crippen LogP contribution < -0.4 is 25.8 Å². The number of benzene rings is 1. The first kappa shape index (κ1) is 28.4. The molecule has 1 aliphatic heterocycles. The second-order valence-electron chi connectivity index (χ2n) is 9.72. The molecule has 212 valence electrons. The lowest BCUT2D eigenvalue weighted by molar-refractivity contribution is -0.118. The molecule has 1 saturated carbocycles. The van der Waals surface area contributed by atoms with Crippen molar-refractivity contribution in [3.63, 3.8) is 0 Å². The number of aliphatic hydroxyl groups excluding tert-OH is 1. The van der Waals surface area contributed by atoms with Gasteiger partial charge in [0.05, 0.1) is 13.7 Å². The lowest BCUT2D eigenvalue weighted by Gasteiger charge is -2.29. The molecule has 2 fully saturated rings. The van der Waals surface area contributed by atoms with Crippen LogP contribution in [0.2, 0.25) is 0 Å². The van der Waals surface area contributed by atoms with Gasteiger partial charge in [0.25, 0.3) is 11.5 Å². The van der Waals surface area contributed by atoms with Crippen molar-refractivity contribution in [1.82, 2.24) is 15.2 Å². The van der Waals surface area contributed by atoms with Gasteiger partial charge in [0.2, 0.25) is 6.43 Å². The van der Waals surface area contributed by atoms with E-state index >= 15 is 8.78 Å². The van der Waals surface area contributed by atoms with Gasteiger partial charge in [-0.1, -0.05) is 0 Å². The summed E-state index contributed by atoms with van der Waals surface area (Å²) in [5.74, 6) is -4.77. The van der Waals surface area contributed by atoms with Crippen molar-refractivity contribution >= 4 is 17.6 Å². The first-order valence-electron chi connectivity index (χ1n) is 12.6. The number of alkyl halides is 2. The Morgan fingerprint density at radius 3 is 2.38 bits per heavy atom. The molecule has 1 aliphatic carbocycles. The number of methoxy groups -OCH3 is 1. The fourth-order valence-corrected chi connectivity index (χ4v) is 5.30.